The predicted molar refractivity (Wildman–Crippen MR) is 87.6 cm³/mol. The molecule has 1 aliphatic rings. The highest BCUT2D eigenvalue weighted by atomic mass is 16.5. The molecular formula is C18H25NO4. The van der Waals surface area contributed by atoms with E-state index in [2.05, 4.69) is 19.2 Å². The number of rotatable bonds is 7. The summed E-state index contributed by atoms with van der Waals surface area (Å²) >= 11 is 0. The molecule has 2 unspecified atom stereocenters. The van der Waals surface area contributed by atoms with Crippen molar-refractivity contribution < 1.29 is 19.4 Å². The lowest BCUT2D eigenvalue weighted by Gasteiger charge is -2.20. The van der Waals surface area contributed by atoms with E-state index in [9.17, 15) is 14.7 Å². The van der Waals surface area contributed by atoms with Crippen molar-refractivity contribution in [1.29, 1.82) is 0 Å². The number of aliphatic carboxylic acids is 1. The smallest absolute Gasteiger partial charge is 0.326 e. The summed E-state index contributed by atoms with van der Waals surface area (Å²) in [6.45, 7) is 7.76. The highest BCUT2D eigenvalue weighted by Crippen LogP contribution is 2.33. The summed E-state index contributed by atoms with van der Waals surface area (Å²) in [6, 6.07) is 5.15. The third kappa shape index (κ3) is 4.47. The molecule has 2 N–H and O–H groups in total. The summed E-state index contributed by atoms with van der Waals surface area (Å²) in [5, 5.41) is 11.8. The Kier molecular flexibility index (Phi) is 5.29. The Hall–Kier alpha value is -2.04. The Morgan fingerprint density at radius 2 is 1.91 bits per heavy atom. The van der Waals surface area contributed by atoms with Crippen LogP contribution in [0.15, 0.2) is 18.2 Å². The maximum atomic E-state index is 12.2. The lowest BCUT2D eigenvalue weighted by molar-refractivity contribution is -0.143. The Labute approximate surface area is 137 Å². The number of nitrogens with one attached hydrogen (secondary N) is 1. The third-order valence-corrected chi connectivity index (χ3v) is 4.21. The van der Waals surface area contributed by atoms with Crippen molar-refractivity contribution >= 4 is 11.9 Å². The molecule has 23 heavy (non-hydrogen) atoms. The van der Waals surface area contributed by atoms with Gasteiger partial charge in [0.1, 0.15) is 11.8 Å². The average molecular weight is 319 g/mol. The van der Waals surface area contributed by atoms with Gasteiger partial charge in [-0.05, 0) is 55.7 Å². The molecule has 2 atom stereocenters. The van der Waals surface area contributed by atoms with Crippen molar-refractivity contribution in [2.75, 3.05) is 0 Å². The van der Waals surface area contributed by atoms with Crippen LogP contribution in [-0.4, -0.2) is 29.1 Å². The number of carboxylic acids is 1. The minimum atomic E-state index is -0.981. The van der Waals surface area contributed by atoms with Gasteiger partial charge in [0, 0.05) is 0 Å². The topological polar surface area (TPSA) is 75.6 Å². The van der Waals surface area contributed by atoms with Crippen LogP contribution in [-0.2, 0) is 9.59 Å². The number of carboxylic acid groups (broad SMARTS) is 1. The van der Waals surface area contributed by atoms with Gasteiger partial charge in [-0.2, -0.15) is 0 Å². The first-order valence-electron chi connectivity index (χ1n) is 8.10. The van der Waals surface area contributed by atoms with Crippen LogP contribution in [0.25, 0.3) is 0 Å². The van der Waals surface area contributed by atoms with E-state index in [-0.39, 0.29) is 5.92 Å². The zero-order valence-corrected chi connectivity index (χ0v) is 14.1. The third-order valence-electron chi connectivity index (χ3n) is 4.21. The van der Waals surface area contributed by atoms with E-state index in [1.807, 2.05) is 25.1 Å². The van der Waals surface area contributed by atoms with E-state index in [1.54, 1.807) is 6.92 Å². The van der Waals surface area contributed by atoms with Crippen molar-refractivity contribution in [3.05, 3.63) is 29.3 Å². The normalized spacial score (nSPS) is 16.7. The van der Waals surface area contributed by atoms with Gasteiger partial charge in [-0.3, -0.25) is 4.79 Å². The summed E-state index contributed by atoms with van der Waals surface area (Å²) in [5.74, 6) is -0.287. The fourth-order valence-electron chi connectivity index (χ4n) is 2.43. The summed E-state index contributed by atoms with van der Waals surface area (Å²) < 4.78 is 5.77. The Balaban J connectivity index is 2.03. The van der Waals surface area contributed by atoms with Crippen molar-refractivity contribution in [3.8, 4) is 5.75 Å². The van der Waals surface area contributed by atoms with Crippen LogP contribution in [0, 0.1) is 12.8 Å². The van der Waals surface area contributed by atoms with Gasteiger partial charge in [0.2, 0.25) is 0 Å². The number of hydrogen-bond donors (Lipinski definition) is 2. The number of carbonyl (C=O) groups excluding carboxylic acids is 1. The lowest BCUT2D eigenvalue weighted by atomic mass is 10.0. The number of amides is 1. The molecule has 0 aliphatic heterocycles. The second-order valence-electron chi connectivity index (χ2n) is 6.60. The number of aryl methyl sites for hydroxylation is 1. The minimum absolute atomic E-state index is 0.0506. The number of carbonyl (C=O) groups is 2. The fraction of sp³-hybridized carbons (Fsp3) is 0.556. The second-order valence-corrected chi connectivity index (χ2v) is 6.60. The SMILES string of the molecule is Cc1ccc(C(C)C)cc1OC(C)C(=O)NC(C(=O)O)C1CC1. The van der Waals surface area contributed by atoms with Crippen molar-refractivity contribution in [3.63, 3.8) is 0 Å². The quantitative estimate of drug-likeness (QED) is 0.810. The van der Waals surface area contributed by atoms with E-state index >= 15 is 0 Å². The monoisotopic (exact) mass is 319 g/mol. The van der Waals surface area contributed by atoms with Crippen molar-refractivity contribution in [2.45, 2.75) is 58.6 Å². The number of hydrogen-bond acceptors (Lipinski definition) is 3. The van der Waals surface area contributed by atoms with Gasteiger partial charge in [0.25, 0.3) is 5.91 Å². The first-order valence-corrected chi connectivity index (χ1v) is 8.10. The number of ether oxygens (including phenoxy) is 1. The van der Waals surface area contributed by atoms with Gasteiger partial charge >= 0.3 is 5.97 Å². The molecule has 0 heterocycles. The Bertz CT molecular complexity index is 593. The summed E-state index contributed by atoms with van der Waals surface area (Å²) in [7, 11) is 0. The van der Waals surface area contributed by atoms with E-state index in [0.29, 0.717) is 11.7 Å². The average Bonchev–Trinajstić information content (AvgIpc) is 3.30. The molecular weight excluding hydrogens is 294 g/mol. The number of benzene rings is 1. The maximum Gasteiger partial charge on any atom is 0.326 e. The van der Waals surface area contributed by atoms with E-state index < -0.39 is 24.0 Å². The van der Waals surface area contributed by atoms with Crippen LogP contribution in [0.4, 0.5) is 0 Å². The summed E-state index contributed by atoms with van der Waals surface area (Å²) in [5.41, 5.74) is 2.09. The summed E-state index contributed by atoms with van der Waals surface area (Å²) in [4.78, 5) is 23.4. The largest absolute Gasteiger partial charge is 0.481 e. The molecule has 1 aromatic rings. The van der Waals surface area contributed by atoms with Gasteiger partial charge in [-0.1, -0.05) is 26.0 Å². The molecule has 0 saturated heterocycles. The Morgan fingerprint density at radius 3 is 2.43 bits per heavy atom. The molecule has 1 amide bonds. The molecule has 1 saturated carbocycles. The summed E-state index contributed by atoms with van der Waals surface area (Å²) in [6.07, 6.45) is 0.959. The molecule has 126 valence electrons. The zero-order valence-electron chi connectivity index (χ0n) is 14.1. The van der Waals surface area contributed by atoms with Crippen molar-refractivity contribution in [2.24, 2.45) is 5.92 Å². The van der Waals surface area contributed by atoms with Gasteiger partial charge < -0.3 is 15.2 Å². The molecule has 5 heteroatoms. The molecule has 0 bridgehead atoms. The fourth-order valence-corrected chi connectivity index (χ4v) is 2.43. The van der Waals surface area contributed by atoms with Gasteiger partial charge in [-0.15, -0.1) is 0 Å². The molecule has 0 aromatic heterocycles. The van der Waals surface area contributed by atoms with E-state index in [4.69, 9.17) is 4.74 Å². The maximum absolute atomic E-state index is 12.2. The minimum Gasteiger partial charge on any atom is -0.481 e. The molecule has 1 fully saturated rings. The van der Waals surface area contributed by atoms with Crippen LogP contribution in [0.5, 0.6) is 5.75 Å². The zero-order chi connectivity index (χ0) is 17.1. The van der Waals surface area contributed by atoms with Gasteiger partial charge in [-0.25, -0.2) is 4.79 Å². The van der Waals surface area contributed by atoms with Crippen LogP contribution < -0.4 is 10.1 Å². The van der Waals surface area contributed by atoms with Crippen LogP contribution in [0.2, 0.25) is 0 Å². The molecule has 2 rings (SSSR count). The van der Waals surface area contributed by atoms with Crippen molar-refractivity contribution in [1.82, 2.24) is 5.32 Å². The second kappa shape index (κ2) is 7.02. The molecule has 0 spiro atoms. The van der Waals surface area contributed by atoms with Crippen LogP contribution in [0.1, 0.15) is 50.7 Å². The molecule has 1 aliphatic carbocycles. The van der Waals surface area contributed by atoms with E-state index in [0.717, 1.165) is 24.0 Å². The van der Waals surface area contributed by atoms with Gasteiger partial charge in [0.05, 0.1) is 0 Å². The van der Waals surface area contributed by atoms with Crippen LogP contribution in [0.3, 0.4) is 0 Å². The molecule has 0 radical (unpaired) electrons. The molecule has 1 aromatic carbocycles. The highest BCUT2D eigenvalue weighted by Gasteiger charge is 2.38. The first kappa shape index (κ1) is 17.3. The Morgan fingerprint density at radius 1 is 1.26 bits per heavy atom. The van der Waals surface area contributed by atoms with Gasteiger partial charge in [0.15, 0.2) is 6.10 Å². The standard InChI is InChI=1S/C18H25NO4/c1-10(2)14-6-5-11(3)15(9-14)23-12(4)17(20)19-16(18(21)22)13-7-8-13/h5-6,9-10,12-13,16H,7-8H2,1-4H3,(H,19,20)(H,21,22). The van der Waals surface area contributed by atoms with Crippen LogP contribution >= 0.6 is 0 Å². The lowest BCUT2D eigenvalue weighted by Crippen LogP contribution is -2.47. The highest BCUT2D eigenvalue weighted by molar-refractivity contribution is 5.86. The van der Waals surface area contributed by atoms with E-state index in [1.165, 1.54) is 0 Å². The predicted octanol–water partition coefficient (Wildman–Crippen LogP) is 2.87. The first-order chi connectivity index (χ1) is 10.8. The molecule has 5 nitrogen and oxygen atoms in total.